The second-order valence-electron chi connectivity index (χ2n) is 4.98. The van der Waals surface area contributed by atoms with Crippen LogP contribution in [0.1, 0.15) is 12.0 Å². The van der Waals surface area contributed by atoms with Crippen molar-refractivity contribution in [1.29, 1.82) is 0 Å². The summed E-state index contributed by atoms with van der Waals surface area (Å²) in [5.74, 6) is 0.902. The average Bonchev–Trinajstić information content (AvgIpc) is 3.01. The molecule has 5 nitrogen and oxygen atoms in total. The highest BCUT2D eigenvalue weighted by Crippen LogP contribution is 2.21. The van der Waals surface area contributed by atoms with Crippen LogP contribution in [0.15, 0.2) is 24.3 Å². The summed E-state index contributed by atoms with van der Waals surface area (Å²) < 4.78 is 5.32. The number of methoxy groups -OCH3 is 1. The van der Waals surface area contributed by atoms with Crippen LogP contribution in [0.3, 0.4) is 0 Å². The molecule has 0 saturated carbocycles. The molecule has 1 amide bonds. The maximum Gasteiger partial charge on any atom is 0.227 e. The van der Waals surface area contributed by atoms with Crippen molar-refractivity contribution in [2.24, 2.45) is 5.92 Å². The quantitative estimate of drug-likeness (QED) is 0.801. The molecule has 1 heterocycles. The molecule has 0 aromatic heterocycles. The Balaban J connectivity index is 2.10. The molecule has 1 atom stereocenters. The lowest BCUT2D eigenvalue weighted by Gasteiger charge is -2.25. The number of aliphatic hydroxyl groups excluding tert-OH is 1. The third kappa shape index (κ3) is 3.49. The normalized spacial score (nSPS) is 18.0. The summed E-state index contributed by atoms with van der Waals surface area (Å²) in [6.07, 6.45) is 0.868. The van der Waals surface area contributed by atoms with Gasteiger partial charge in [0, 0.05) is 25.2 Å². The Hall–Kier alpha value is -1.59. The minimum absolute atomic E-state index is 0.0243. The van der Waals surface area contributed by atoms with Crippen LogP contribution in [0.4, 0.5) is 0 Å². The second kappa shape index (κ2) is 7.26. The van der Waals surface area contributed by atoms with E-state index in [0.717, 1.165) is 30.8 Å². The van der Waals surface area contributed by atoms with Gasteiger partial charge in [0.1, 0.15) is 5.75 Å². The highest BCUT2D eigenvalue weighted by Gasteiger charge is 2.27. The molecule has 110 valence electrons. The summed E-state index contributed by atoms with van der Waals surface area (Å²) in [6, 6.07) is 7.66. The highest BCUT2D eigenvalue weighted by atomic mass is 16.5. The molecule has 2 rings (SSSR count). The van der Waals surface area contributed by atoms with Crippen LogP contribution >= 0.6 is 0 Å². The van der Waals surface area contributed by atoms with Crippen LogP contribution in [-0.2, 0) is 11.3 Å². The number of benzene rings is 1. The molecule has 1 aromatic carbocycles. The number of nitrogens with zero attached hydrogens (tertiary/aromatic N) is 1. The van der Waals surface area contributed by atoms with Gasteiger partial charge in [0.05, 0.1) is 19.6 Å². The Labute approximate surface area is 119 Å². The van der Waals surface area contributed by atoms with Gasteiger partial charge in [0.2, 0.25) is 5.91 Å². The molecule has 1 aliphatic rings. The van der Waals surface area contributed by atoms with Crippen molar-refractivity contribution in [3.05, 3.63) is 29.8 Å². The summed E-state index contributed by atoms with van der Waals surface area (Å²) in [5.41, 5.74) is 0.961. The summed E-state index contributed by atoms with van der Waals surface area (Å²) in [4.78, 5) is 14.2. The zero-order valence-electron chi connectivity index (χ0n) is 11.8. The first-order chi connectivity index (χ1) is 9.76. The van der Waals surface area contributed by atoms with E-state index in [1.807, 2.05) is 24.3 Å². The number of amides is 1. The van der Waals surface area contributed by atoms with E-state index in [1.165, 1.54) is 0 Å². The molecule has 1 aromatic rings. The van der Waals surface area contributed by atoms with Crippen LogP contribution in [-0.4, -0.2) is 49.3 Å². The van der Waals surface area contributed by atoms with E-state index in [2.05, 4.69) is 5.32 Å². The molecule has 0 aliphatic carbocycles. The fourth-order valence-electron chi connectivity index (χ4n) is 2.55. The monoisotopic (exact) mass is 278 g/mol. The molecule has 0 spiro atoms. The van der Waals surface area contributed by atoms with Crippen molar-refractivity contribution in [2.45, 2.75) is 13.0 Å². The molecular formula is C15H22N2O3. The summed E-state index contributed by atoms with van der Waals surface area (Å²) in [6.45, 7) is 2.42. The van der Waals surface area contributed by atoms with Crippen molar-refractivity contribution in [2.75, 3.05) is 33.4 Å². The SMILES string of the molecule is COc1ccccc1CN(CCO)C(=O)C1CCNC1. The molecule has 20 heavy (non-hydrogen) atoms. The van der Waals surface area contributed by atoms with Crippen LogP contribution < -0.4 is 10.1 Å². The van der Waals surface area contributed by atoms with Gasteiger partial charge in [0.25, 0.3) is 0 Å². The smallest absolute Gasteiger partial charge is 0.227 e. The van der Waals surface area contributed by atoms with E-state index in [-0.39, 0.29) is 18.4 Å². The van der Waals surface area contributed by atoms with Gasteiger partial charge < -0.3 is 20.1 Å². The zero-order chi connectivity index (χ0) is 14.4. The van der Waals surface area contributed by atoms with Gasteiger partial charge in [0.15, 0.2) is 0 Å². The van der Waals surface area contributed by atoms with E-state index in [1.54, 1.807) is 12.0 Å². The second-order valence-corrected chi connectivity index (χ2v) is 4.98. The topological polar surface area (TPSA) is 61.8 Å². The first kappa shape index (κ1) is 14.8. The van der Waals surface area contributed by atoms with Gasteiger partial charge in [-0.1, -0.05) is 18.2 Å². The molecule has 1 fully saturated rings. The third-order valence-electron chi connectivity index (χ3n) is 3.64. The number of rotatable bonds is 6. The summed E-state index contributed by atoms with van der Waals surface area (Å²) in [7, 11) is 1.62. The number of aliphatic hydroxyl groups is 1. The predicted octanol–water partition coefficient (Wildman–Crippen LogP) is 0.626. The van der Waals surface area contributed by atoms with Crippen LogP contribution in [0.25, 0.3) is 0 Å². The summed E-state index contributed by atoms with van der Waals surface area (Å²) >= 11 is 0. The standard InChI is InChI=1S/C15H22N2O3/c1-20-14-5-3-2-4-13(14)11-17(8-9-18)15(19)12-6-7-16-10-12/h2-5,12,16,18H,6-11H2,1H3. The van der Waals surface area contributed by atoms with Gasteiger partial charge in [-0.2, -0.15) is 0 Å². The summed E-state index contributed by atoms with van der Waals surface area (Å²) in [5, 5.41) is 12.4. The molecule has 1 saturated heterocycles. The lowest BCUT2D eigenvalue weighted by Crippen LogP contribution is -2.38. The van der Waals surface area contributed by atoms with Crippen molar-refractivity contribution in [1.82, 2.24) is 10.2 Å². The van der Waals surface area contributed by atoms with Crippen molar-refractivity contribution in [3.63, 3.8) is 0 Å². The van der Waals surface area contributed by atoms with Gasteiger partial charge in [-0.15, -0.1) is 0 Å². The zero-order valence-corrected chi connectivity index (χ0v) is 11.8. The fourth-order valence-corrected chi connectivity index (χ4v) is 2.55. The predicted molar refractivity (Wildman–Crippen MR) is 76.5 cm³/mol. The van der Waals surface area contributed by atoms with Gasteiger partial charge >= 0.3 is 0 Å². The third-order valence-corrected chi connectivity index (χ3v) is 3.64. The Morgan fingerprint density at radius 2 is 2.30 bits per heavy atom. The number of para-hydroxylation sites is 1. The molecule has 5 heteroatoms. The molecule has 0 radical (unpaired) electrons. The lowest BCUT2D eigenvalue weighted by molar-refractivity contribution is -0.136. The van der Waals surface area contributed by atoms with Crippen LogP contribution in [0, 0.1) is 5.92 Å². The van der Waals surface area contributed by atoms with E-state index in [9.17, 15) is 9.90 Å². The fraction of sp³-hybridized carbons (Fsp3) is 0.533. The number of carbonyl (C=O) groups excluding carboxylic acids is 1. The van der Waals surface area contributed by atoms with E-state index in [0.29, 0.717) is 13.1 Å². The maximum atomic E-state index is 12.5. The van der Waals surface area contributed by atoms with Crippen molar-refractivity contribution >= 4 is 5.91 Å². The Bertz CT molecular complexity index is 444. The van der Waals surface area contributed by atoms with E-state index in [4.69, 9.17) is 4.74 Å². The number of hydrogen-bond donors (Lipinski definition) is 2. The van der Waals surface area contributed by atoms with Crippen LogP contribution in [0.5, 0.6) is 5.75 Å². The Morgan fingerprint density at radius 1 is 1.50 bits per heavy atom. The largest absolute Gasteiger partial charge is 0.496 e. The van der Waals surface area contributed by atoms with E-state index >= 15 is 0 Å². The Kier molecular flexibility index (Phi) is 5.38. The van der Waals surface area contributed by atoms with Gasteiger partial charge in [-0.25, -0.2) is 0 Å². The van der Waals surface area contributed by atoms with Crippen LogP contribution in [0.2, 0.25) is 0 Å². The maximum absolute atomic E-state index is 12.5. The molecule has 1 unspecified atom stereocenters. The van der Waals surface area contributed by atoms with Crippen molar-refractivity contribution < 1.29 is 14.6 Å². The number of carbonyl (C=O) groups is 1. The number of ether oxygens (including phenoxy) is 1. The lowest BCUT2D eigenvalue weighted by atomic mass is 10.1. The van der Waals surface area contributed by atoms with Crippen molar-refractivity contribution in [3.8, 4) is 5.75 Å². The van der Waals surface area contributed by atoms with E-state index < -0.39 is 0 Å². The average molecular weight is 278 g/mol. The number of nitrogens with one attached hydrogen (secondary N) is 1. The molecular weight excluding hydrogens is 256 g/mol. The number of hydrogen-bond acceptors (Lipinski definition) is 4. The minimum Gasteiger partial charge on any atom is -0.496 e. The Morgan fingerprint density at radius 3 is 2.95 bits per heavy atom. The molecule has 0 bridgehead atoms. The first-order valence-corrected chi connectivity index (χ1v) is 6.98. The minimum atomic E-state index is -0.0267. The molecule has 1 aliphatic heterocycles. The van der Waals surface area contributed by atoms with Gasteiger partial charge in [-0.05, 0) is 19.0 Å². The van der Waals surface area contributed by atoms with Gasteiger partial charge in [-0.3, -0.25) is 4.79 Å². The molecule has 2 N–H and O–H groups in total. The first-order valence-electron chi connectivity index (χ1n) is 6.98. The highest BCUT2D eigenvalue weighted by molar-refractivity contribution is 5.79.